The van der Waals surface area contributed by atoms with Crippen molar-refractivity contribution in [2.24, 2.45) is 5.41 Å². The van der Waals surface area contributed by atoms with Crippen LogP contribution in [0, 0.1) is 12.3 Å². The van der Waals surface area contributed by atoms with Gasteiger partial charge in [0.2, 0.25) is 11.8 Å². The first-order valence-electron chi connectivity index (χ1n) is 12.8. The number of carbonyl (C=O) groups is 2. The van der Waals surface area contributed by atoms with Gasteiger partial charge in [-0.25, -0.2) is 4.98 Å². The quantitative estimate of drug-likeness (QED) is 0.490. The van der Waals surface area contributed by atoms with Crippen LogP contribution in [-0.4, -0.2) is 57.6 Å². The lowest BCUT2D eigenvalue weighted by atomic mass is 9.85. The van der Waals surface area contributed by atoms with Crippen molar-refractivity contribution in [3.05, 3.63) is 40.5 Å². The van der Waals surface area contributed by atoms with E-state index in [-0.39, 0.29) is 42.2 Å². The number of likely N-dealkylation sites (tertiary alicyclic amines) is 1. The summed E-state index contributed by atoms with van der Waals surface area (Å²) in [4.78, 5) is 33.9. The summed E-state index contributed by atoms with van der Waals surface area (Å²) in [5, 5.41) is 16.8. The predicted molar refractivity (Wildman–Crippen MR) is 146 cm³/mol. The number of benzene rings is 1. The highest BCUT2D eigenvalue weighted by Gasteiger charge is 2.44. The smallest absolute Gasteiger partial charge is 0.243 e. The molecule has 8 heteroatoms. The Balaban J connectivity index is 1.77. The van der Waals surface area contributed by atoms with Crippen molar-refractivity contribution in [3.63, 3.8) is 0 Å². The van der Waals surface area contributed by atoms with Crippen LogP contribution in [0.25, 0.3) is 10.4 Å². The standard InChI is InChI=1S/C28H42N4O3S/c1-16(2)22-11-19(24-18(5)30-15-36-24)9-10-20(22)13-29-26(34)23-12-21(33)14-32(23)27(35)25(28(6,7)8)31-17(3)4/h9-11,15-17,21,23,25,31,33H,12-14H2,1-8H3,(H,29,34)/t21-,23+,25-/m1/s1. The fraction of sp³-hybridized carbons (Fsp3) is 0.607. The Morgan fingerprint density at radius 2 is 1.92 bits per heavy atom. The van der Waals surface area contributed by atoms with Gasteiger partial charge in [-0.2, -0.15) is 0 Å². The first-order chi connectivity index (χ1) is 16.8. The molecule has 1 aliphatic heterocycles. The molecule has 0 aliphatic carbocycles. The molecular formula is C28H42N4O3S. The van der Waals surface area contributed by atoms with E-state index in [1.807, 2.05) is 47.1 Å². The summed E-state index contributed by atoms with van der Waals surface area (Å²) in [5.41, 5.74) is 5.90. The molecule has 2 aromatic rings. The van der Waals surface area contributed by atoms with E-state index in [1.165, 1.54) is 5.56 Å². The van der Waals surface area contributed by atoms with Gasteiger partial charge in [0.05, 0.1) is 28.2 Å². The molecule has 0 radical (unpaired) electrons. The molecule has 1 aromatic carbocycles. The zero-order valence-electron chi connectivity index (χ0n) is 22.9. The Labute approximate surface area is 219 Å². The van der Waals surface area contributed by atoms with Crippen LogP contribution in [-0.2, 0) is 16.1 Å². The number of thiazole rings is 1. The number of hydrogen-bond acceptors (Lipinski definition) is 6. The highest BCUT2D eigenvalue weighted by atomic mass is 32.1. The van der Waals surface area contributed by atoms with E-state index in [0.717, 1.165) is 21.7 Å². The minimum absolute atomic E-state index is 0.115. The van der Waals surface area contributed by atoms with E-state index in [2.05, 4.69) is 47.7 Å². The van der Waals surface area contributed by atoms with Gasteiger partial charge in [0.15, 0.2) is 0 Å². The molecule has 0 saturated carbocycles. The second-order valence-electron chi connectivity index (χ2n) is 11.6. The van der Waals surface area contributed by atoms with Gasteiger partial charge in [0, 0.05) is 25.6 Å². The number of rotatable bonds is 8. The van der Waals surface area contributed by atoms with Crippen LogP contribution in [0.1, 0.15) is 77.6 Å². The number of aliphatic hydroxyl groups excluding tert-OH is 1. The van der Waals surface area contributed by atoms with Gasteiger partial charge >= 0.3 is 0 Å². The van der Waals surface area contributed by atoms with E-state index in [9.17, 15) is 14.7 Å². The van der Waals surface area contributed by atoms with Crippen LogP contribution in [0.15, 0.2) is 23.7 Å². The number of hydrogen-bond donors (Lipinski definition) is 3. The number of nitrogens with one attached hydrogen (secondary N) is 2. The molecule has 1 aliphatic rings. The topological polar surface area (TPSA) is 94.6 Å². The molecule has 3 rings (SSSR count). The fourth-order valence-electron chi connectivity index (χ4n) is 4.81. The van der Waals surface area contributed by atoms with Gasteiger partial charge in [-0.3, -0.25) is 9.59 Å². The molecule has 198 valence electrons. The summed E-state index contributed by atoms with van der Waals surface area (Å²) in [7, 11) is 0. The molecular weight excluding hydrogens is 472 g/mol. The van der Waals surface area contributed by atoms with Crippen LogP contribution >= 0.6 is 11.3 Å². The summed E-state index contributed by atoms with van der Waals surface area (Å²) in [5.74, 6) is -0.0830. The van der Waals surface area contributed by atoms with Crippen molar-refractivity contribution < 1.29 is 14.7 Å². The SMILES string of the molecule is Cc1ncsc1-c1ccc(CNC(=O)[C@@H]2C[C@@H](O)CN2C(=O)[C@@H](NC(C)C)C(C)(C)C)c(C(C)C)c1. The minimum atomic E-state index is -0.711. The van der Waals surface area contributed by atoms with E-state index in [4.69, 9.17) is 0 Å². The number of amides is 2. The average molecular weight is 515 g/mol. The van der Waals surface area contributed by atoms with Gasteiger partial charge in [-0.1, -0.05) is 60.6 Å². The zero-order valence-corrected chi connectivity index (χ0v) is 23.7. The van der Waals surface area contributed by atoms with E-state index < -0.39 is 18.2 Å². The zero-order chi connectivity index (χ0) is 26.8. The van der Waals surface area contributed by atoms with Crippen molar-refractivity contribution in [2.75, 3.05) is 6.54 Å². The lowest BCUT2D eigenvalue weighted by Gasteiger charge is -2.36. The minimum Gasteiger partial charge on any atom is -0.391 e. The predicted octanol–water partition coefficient (Wildman–Crippen LogP) is 4.23. The molecule has 36 heavy (non-hydrogen) atoms. The number of aromatic nitrogens is 1. The second kappa shape index (κ2) is 11.4. The number of aliphatic hydroxyl groups is 1. The molecule has 1 fully saturated rings. The van der Waals surface area contributed by atoms with Gasteiger partial charge in [0.25, 0.3) is 0 Å². The maximum Gasteiger partial charge on any atom is 0.243 e. The lowest BCUT2D eigenvalue weighted by Crippen LogP contribution is -2.57. The second-order valence-corrected chi connectivity index (χ2v) is 12.4. The molecule has 1 aromatic heterocycles. The van der Waals surface area contributed by atoms with Crippen molar-refractivity contribution in [3.8, 4) is 10.4 Å². The molecule has 0 unspecified atom stereocenters. The third kappa shape index (κ3) is 6.52. The van der Waals surface area contributed by atoms with Gasteiger partial charge in [-0.05, 0) is 41.0 Å². The fourth-order valence-corrected chi connectivity index (χ4v) is 5.61. The summed E-state index contributed by atoms with van der Waals surface area (Å²) in [6.45, 7) is 16.9. The first kappa shape index (κ1) is 28.3. The highest BCUT2D eigenvalue weighted by Crippen LogP contribution is 2.32. The van der Waals surface area contributed by atoms with Gasteiger partial charge < -0.3 is 20.6 Å². The highest BCUT2D eigenvalue weighted by molar-refractivity contribution is 7.13. The molecule has 2 heterocycles. The maximum absolute atomic E-state index is 13.6. The lowest BCUT2D eigenvalue weighted by molar-refractivity contribution is -0.142. The summed E-state index contributed by atoms with van der Waals surface area (Å²) < 4.78 is 0. The monoisotopic (exact) mass is 514 g/mol. The molecule has 1 saturated heterocycles. The van der Waals surface area contributed by atoms with E-state index >= 15 is 0 Å². The van der Waals surface area contributed by atoms with Crippen LogP contribution in [0.5, 0.6) is 0 Å². The Bertz CT molecular complexity index is 1070. The Hall–Kier alpha value is -2.29. The van der Waals surface area contributed by atoms with Crippen LogP contribution in [0.3, 0.4) is 0 Å². The Kier molecular flexibility index (Phi) is 8.96. The van der Waals surface area contributed by atoms with Crippen molar-refractivity contribution in [1.29, 1.82) is 0 Å². The average Bonchev–Trinajstić information content (AvgIpc) is 3.39. The van der Waals surface area contributed by atoms with Crippen molar-refractivity contribution in [2.45, 2.75) is 98.5 Å². The molecule has 7 nitrogen and oxygen atoms in total. The molecule has 2 amide bonds. The number of carbonyl (C=O) groups excluding carboxylic acids is 2. The summed E-state index contributed by atoms with van der Waals surface area (Å²) >= 11 is 1.63. The van der Waals surface area contributed by atoms with E-state index in [1.54, 1.807) is 16.2 Å². The van der Waals surface area contributed by atoms with E-state index in [0.29, 0.717) is 6.54 Å². The summed E-state index contributed by atoms with van der Waals surface area (Å²) in [6, 6.07) is 5.31. The Morgan fingerprint density at radius 1 is 1.22 bits per heavy atom. The van der Waals surface area contributed by atoms with Crippen LogP contribution in [0.4, 0.5) is 0 Å². The van der Waals surface area contributed by atoms with Gasteiger partial charge in [0.1, 0.15) is 6.04 Å². The van der Waals surface area contributed by atoms with Crippen molar-refractivity contribution in [1.82, 2.24) is 20.5 Å². The van der Waals surface area contributed by atoms with Crippen LogP contribution in [0.2, 0.25) is 0 Å². The molecule has 3 atom stereocenters. The number of aryl methyl sites for hydroxylation is 1. The normalized spacial score (nSPS) is 19.2. The van der Waals surface area contributed by atoms with Crippen LogP contribution < -0.4 is 10.6 Å². The third-order valence-electron chi connectivity index (χ3n) is 6.71. The number of nitrogens with zero attached hydrogens (tertiary/aromatic N) is 2. The molecule has 3 N–H and O–H groups in total. The van der Waals surface area contributed by atoms with Gasteiger partial charge in [-0.15, -0.1) is 11.3 Å². The Morgan fingerprint density at radius 3 is 2.47 bits per heavy atom. The number of β-amino-alcohol motifs (C(OH)–C–C–N with tert-alkyl or cyclic N) is 1. The van der Waals surface area contributed by atoms with Crippen molar-refractivity contribution >= 4 is 23.2 Å². The maximum atomic E-state index is 13.6. The largest absolute Gasteiger partial charge is 0.391 e. The first-order valence-corrected chi connectivity index (χ1v) is 13.7. The molecule has 0 bridgehead atoms. The third-order valence-corrected chi connectivity index (χ3v) is 7.68. The molecule has 0 spiro atoms. The summed E-state index contributed by atoms with van der Waals surface area (Å²) in [6.07, 6.45) is -0.464.